The molecule has 5 nitrogen and oxygen atoms in total. The van der Waals surface area contributed by atoms with Crippen LogP contribution in [0.15, 0.2) is 42.5 Å². The molecule has 0 aliphatic carbocycles. The van der Waals surface area contributed by atoms with Gasteiger partial charge in [-0.25, -0.2) is 9.18 Å². The number of aliphatic carboxylic acids is 1. The number of amides is 1. The molecule has 28 heavy (non-hydrogen) atoms. The van der Waals surface area contributed by atoms with Crippen molar-refractivity contribution in [2.24, 2.45) is 0 Å². The lowest BCUT2D eigenvalue weighted by molar-refractivity contribution is -0.153. The second-order valence-corrected chi connectivity index (χ2v) is 6.08. The molecule has 2 aromatic rings. The van der Waals surface area contributed by atoms with E-state index in [0.29, 0.717) is 5.56 Å². The van der Waals surface area contributed by atoms with Gasteiger partial charge >= 0.3 is 12.1 Å². The number of hydrogen-bond acceptors (Lipinski definition) is 3. The normalized spacial score (nSPS) is 12.3. The summed E-state index contributed by atoms with van der Waals surface area (Å²) in [6.07, 6.45) is -4.76. The van der Waals surface area contributed by atoms with Crippen molar-refractivity contribution in [2.75, 3.05) is 6.61 Å². The first-order valence-electron chi connectivity index (χ1n) is 8.12. The number of halogens is 4. The van der Waals surface area contributed by atoms with Crippen LogP contribution in [0, 0.1) is 12.7 Å². The van der Waals surface area contributed by atoms with Gasteiger partial charge in [0.15, 0.2) is 12.6 Å². The van der Waals surface area contributed by atoms with Crippen LogP contribution in [0.25, 0.3) is 0 Å². The number of ether oxygens (including phenoxy) is 1. The maximum atomic E-state index is 13.4. The number of rotatable bonds is 7. The van der Waals surface area contributed by atoms with Crippen LogP contribution in [0.4, 0.5) is 17.6 Å². The summed E-state index contributed by atoms with van der Waals surface area (Å²) in [7, 11) is 0. The molecule has 9 heteroatoms. The van der Waals surface area contributed by atoms with Gasteiger partial charge in [-0.15, -0.1) is 0 Å². The summed E-state index contributed by atoms with van der Waals surface area (Å²) in [5.41, 5.74) is 0.770. The third-order valence-corrected chi connectivity index (χ3v) is 3.73. The molecule has 2 N–H and O–H groups in total. The highest BCUT2D eigenvalue weighted by Gasteiger charge is 2.28. The van der Waals surface area contributed by atoms with Crippen LogP contribution >= 0.6 is 0 Å². The smallest absolute Gasteiger partial charge is 0.422 e. The lowest BCUT2D eigenvalue weighted by Crippen LogP contribution is -2.34. The summed E-state index contributed by atoms with van der Waals surface area (Å²) >= 11 is 0. The van der Waals surface area contributed by atoms with Crippen molar-refractivity contribution in [3.05, 3.63) is 65.0 Å². The Balaban J connectivity index is 2.07. The molecule has 0 fully saturated rings. The SMILES string of the molecule is Cc1cc(C(NC(=O)Cc2cccc(OCC(F)(F)F)c2)C(=O)O)ccc1F. The molecule has 0 aromatic heterocycles. The zero-order valence-electron chi connectivity index (χ0n) is 14.7. The van der Waals surface area contributed by atoms with Gasteiger partial charge < -0.3 is 15.2 Å². The quantitative estimate of drug-likeness (QED) is 0.699. The Kier molecular flexibility index (Phi) is 6.61. The second-order valence-electron chi connectivity index (χ2n) is 6.08. The third kappa shape index (κ3) is 6.26. The summed E-state index contributed by atoms with van der Waals surface area (Å²) in [6, 6.07) is 7.79. The standard InChI is InChI=1S/C19H17F4NO4/c1-11-7-13(5-6-15(11)20)17(18(26)27)24-16(25)9-12-3-2-4-14(8-12)28-10-19(21,22)23/h2-8,17H,9-10H2,1H3,(H,24,25)(H,26,27). The van der Waals surface area contributed by atoms with Crippen molar-refractivity contribution in [3.63, 3.8) is 0 Å². The van der Waals surface area contributed by atoms with Crippen molar-refractivity contribution < 1.29 is 37.0 Å². The Morgan fingerprint density at radius 2 is 1.89 bits per heavy atom. The van der Waals surface area contributed by atoms with Gasteiger partial charge in [0.05, 0.1) is 6.42 Å². The Morgan fingerprint density at radius 3 is 2.50 bits per heavy atom. The average Bonchev–Trinajstić information content (AvgIpc) is 2.60. The van der Waals surface area contributed by atoms with Crippen LogP contribution in [0.2, 0.25) is 0 Å². The van der Waals surface area contributed by atoms with Crippen LogP contribution in [-0.4, -0.2) is 29.8 Å². The topological polar surface area (TPSA) is 75.6 Å². The van der Waals surface area contributed by atoms with Crippen molar-refractivity contribution in [1.82, 2.24) is 5.32 Å². The maximum Gasteiger partial charge on any atom is 0.422 e. The Bertz CT molecular complexity index is 867. The number of alkyl halides is 3. The molecular formula is C19H17F4NO4. The van der Waals surface area contributed by atoms with Crippen molar-refractivity contribution >= 4 is 11.9 Å². The Morgan fingerprint density at radius 1 is 1.18 bits per heavy atom. The predicted octanol–water partition coefficient (Wildman–Crippen LogP) is 3.56. The highest BCUT2D eigenvalue weighted by Crippen LogP contribution is 2.20. The number of hydrogen-bond donors (Lipinski definition) is 2. The monoisotopic (exact) mass is 399 g/mol. The molecule has 2 aromatic carbocycles. The minimum atomic E-state index is -4.49. The van der Waals surface area contributed by atoms with Gasteiger partial charge in [0, 0.05) is 0 Å². The lowest BCUT2D eigenvalue weighted by Gasteiger charge is -2.16. The minimum absolute atomic E-state index is 0.0634. The van der Waals surface area contributed by atoms with E-state index < -0.39 is 36.5 Å². The van der Waals surface area contributed by atoms with Gasteiger partial charge in [-0.1, -0.05) is 24.3 Å². The first kappa shape index (κ1) is 21.2. The van der Waals surface area contributed by atoms with Crippen molar-refractivity contribution in [1.29, 1.82) is 0 Å². The Hall–Kier alpha value is -3.10. The molecule has 0 saturated carbocycles. The molecule has 0 heterocycles. The Labute approximate surface area is 157 Å². The number of carbonyl (C=O) groups excluding carboxylic acids is 1. The summed E-state index contributed by atoms with van der Waals surface area (Å²) in [6.45, 7) is -0.000331. The van der Waals surface area contributed by atoms with Crippen LogP contribution in [0.5, 0.6) is 5.75 Å². The third-order valence-electron chi connectivity index (χ3n) is 3.73. The highest BCUT2D eigenvalue weighted by atomic mass is 19.4. The first-order valence-corrected chi connectivity index (χ1v) is 8.12. The van der Waals surface area contributed by atoms with Crippen LogP contribution in [-0.2, 0) is 16.0 Å². The van der Waals surface area contributed by atoms with Gasteiger partial charge in [0.1, 0.15) is 11.6 Å². The number of benzene rings is 2. The summed E-state index contributed by atoms with van der Waals surface area (Å²) < 4.78 is 54.6. The van der Waals surface area contributed by atoms with Gasteiger partial charge in [-0.2, -0.15) is 13.2 Å². The largest absolute Gasteiger partial charge is 0.484 e. The fourth-order valence-electron chi connectivity index (χ4n) is 2.44. The summed E-state index contributed by atoms with van der Waals surface area (Å²) in [5, 5.41) is 11.7. The zero-order valence-corrected chi connectivity index (χ0v) is 14.7. The molecule has 0 spiro atoms. The van der Waals surface area contributed by atoms with Crippen molar-refractivity contribution in [3.8, 4) is 5.75 Å². The minimum Gasteiger partial charge on any atom is -0.484 e. The molecule has 1 atom stereocenters. The van der Waals surface area contributed by atoms with E-state index in [-0.39, 0.29) is 23.3 Å². The van der Waals surface area contributed by atoms with E-state index >= 15 is 0 Å². The first-order chi connectivity index (χ1) is 13.0. The van der Waals surface area contributed by atoms with E-state index in [1.807, 2.05) is 0 Å². The predicted molar refractivity (Wildman–Crippen MR) is 91.4 cm³/mol. The van der Waals surface area contributed by atoms with Gasteiger partial charge in [0.2, 0.25) is 5.91 Å². The van der Waals surface area contributed by atoms with E-state index in [1.54, 1.807) is 0 Å². The summed E-state index contributed by atoms with van der Waals surface area (Å²) in [4.78, 5) is 23.7. The van der Waals surface area contributed by atoms with Gasteiger partial charge in [-0.3, -0.25) is 4.79 Å². The van der Waals surface area contributed by atoms with Gasteiger partial charge in [-0.05, 0) is 41.8 Å². The van der Waals surface area contributed by atoms with Gasteiger partial charge in [0.25, 0.3) is 0 Å². The summed E-state index contributed by atoms with van der Waals surface area (Å²) in [5.74, 6) is -2.56. The molecule has 0 aliphatic rings. The maximum absolute atomic E-state index is 13.4. The molecule has 2 rings (SSSR count). The molecular weight excluding hydrogens is 382 g/mol. The van der Waals surface area contributed by atoms with E-state index in [4.69, 9.17) is 0 Å². The van der Waals surface area contributed by atoms with Crippen molar-refractivity contribution in [2.45, 2.75) is 25.6 Å². The fraction of sp³-hybridized carbons (Fsp3) is 0.263. The van der Waals surface area contributed by atoms with Crippen LogP contribution in [0.3, 0.4) is 0 Å². The van der Waals surface area contributed by atoms with E-state index in [9.17, 15) is 32.3 Å². The molecule has 150 valence electrons. The second kappa shape index (κ2) is 8.73. The molecule has 0 saturated heterocycles. The lowest BCUT2D eigenvalue weighted by atomic mass is 10.0. The molecule has 0 bridgehead atoms. The van der Waals surface area contributed by atoms with Crippen LogP contribution < -0.4 is 10.1 Å². The number of carbonyl (C=O) groups is 2. The van der Waals surface area contributed by atoms with E-state index in [0.717, 1.165) is 6.07 Å². The number of carboxylic acids is 1. The van der Waals surface area contributed by atoms with E-state index in [2.05, 4.69) is 10.1 Å². The van der Waals surface area contributed by atoms with E-state index in [1.165, 1.54) is 43.3 Å². The molecule has 1 unspecified atom stereocenters. The zero-order chi connectivity index (χ0) is 20.9. The molecule has 1 amide bonds. The molecule has 0 aliphatic heterocycles. The number of carboxylic acid groups (broad SMARTS) is 1. The highest BCUT2D eigenvalue weighted by molar-refractivity contribution is 5.85. The number of nitrogens with one attached hydrogen (secondary N) is 1. The number of aryl methyl sites for hydroxylation is 1. The average molecular weight is 399 g/mol. The van der Waals surface area contributed by atoms with Crippen LogP contribution in [0.1, 0.15) is 22.7 Å². The molecule has 0 radical (unpaired) electrons. The fourth-order valence-corrected chi connectivity index (χ4v) is 2.44.